The number of benzene rings is 1. The van der Waals surface area contributed by atoms with Gasteiger partial charge in [0.15, 0.2) is 5.82 Å². The van der Waals surface area contributed by atoms with E-state index in [2.05, 4.69) is 43.8 Å². The highest BCUT2D eigenvalue weighted by atomic mass is 35.5. The quantitative estimate of drug-likeness (QED) is 0.833. The Morgan fingerprint density at radius 3 is 2.26 bits per heavy atom. The largest absolute Gasteiger partial charge is 0.252 e. The summed E-state index contributed by atoms with van der Waals surface area (Å²) in [6.45, 7) is 8.50. The first-order valence-corrected chi connectivity index (χ1v) is 6.98. The van der Waals surface area contributed by atoms with Gasteiger partial charge in [0, 0.05) is 23.6 Å². The van der Waals surface area contributed by atoms with Crippen molar-refractivity contribution in [3.8, 4) is 11.4 Å². The van der Waals surface area contributed by atoms with Crippen molar-refractivity contribution in [3.63, 3.8) is 0 Å². The molecule has 0 amide bonds. The van der Waals surface area contributed by atoms with Crippen LogP contribution >= 0.6 is 11.6 Å². The highest BCUT2D eigenvalue weighted by Crippen LogP contribution is 2.29. The molecule has 0 unspecified atom stereocenters. The maximum atomic E-state index is 6.32. The first-order valence-electron chi connectivity index (χ1n) is 6.61. The Balaban J connectivity index is 2.42. The molecule has 3 nitrogen and oxygen atoms in total. The molecule has 4 heteroatoms. The van der Waals surface area contributed by atoms with Gasteiger partial charge in [0.1, 0.15) is 5.82 Å². The van der Waals surface area contributed by atoms with Crippen molar-refractivity contribution in [2.45, 2.75) is 39.5 Å². The molecule has 1 aromatic heterocycles. The van der Waals surface area contributed by atoms with Crippen molar-refractivity contribution in [2.75, 3.05) is 0 Å². The number of hydrogen-bond donors (Lipinski definition) is 0. The Labute approximate surface area is 119 Å². The Morgan fingerprint density at radius 2 is 1.79 bits per heavy atom. The van der Waals surface area contributed by atoms with Crippen LogP contribution in [0.1, 0.15) is 50.9 Å². The summed E-state index contributed by atoms with van der Waals surface area (Å²) in [5.41, 5.74) is 2.13. The summed E-state index contributed by atoms with van der Waals surface area (Å²) < 4.78 is 1.84. The van der Waals surface area contributed by atoms with E-state index in [0.29, 0.717) is 11.8 Å². The molecule has 0 spiro atoms. The summed E-state index contributed by atoms with van der Waals surface area (Å²) in [6.07, 6.45) is 0. The number of rotatable bonds is 3. The van der Waals surface area contributed by atoms with E-state index in [0.717, 1.165) is 27.8 Å². The predicted octanol–water partition coefficient (Wildman–Crippen LogP) is 4.38. The van der Waals surface area contributed by atoms with E-state index in [1.807, 2.05) is 23.9 Å². The maximum absolute atomic E-state index is 6.32. The number of hydrogen-bond acceptors (Lipinski definition) is 2. The predicted molar refractivity (Wildman–Crippen MR) is 79.6 cm³/mol. The Morgan fingerprint density at radius 1 is 1.11 bits per heavy atom. The molecular formula is C15H20ClN3. The summed E-state index contributed by atoms with van der Waals surface area (Å²) in [4.78, 5) is 4.59. The minimum absolute atomic E-state index is 0.358. The lowest BCUT2D eigenvalue weighted by Gasteiger charge is -2.08. The fourth-order valence-corrected chi connectivity index (χ4v) is 2.55. The zero-order valence-corrected chi connectivity index (χ0v) is 12.9. The van der Waals surface area contributed by atoms with E-state index in [1.165, 1.54) is 0 Å². The first-order chi connectivity index (χ1) is 8.90. The van der Waals surface area contributed by atoms with Crippen LogP contribution in [0.3, 0.4) is 0 Å². The molecule has 0 bridgehead atoms. The fraction of sp³-hybridized carbons (Fsp3) is 0.467. The molecule has 0 aliphatic carbocycles. The molecule has 102 valence electrons. The molecule has 0 saturated carbocycles. The molecule has 2 rings (SSSR count). The van der Waals surface area contributed by atoms with Crippen LogP contribution < -0.4 is 0 Å². The number of nitrogens with zero attached hydrogens (tertiary/aromatic N) is 3. The highest BCUT2D eigenvalue weighted by Gasteiger charge is 2.13. The Bertz CT molecular complexity index is 585. The van der Waals surface area contributed by atoms with Crippen LogP contribution in [0, 0.1) is 0 Å². The van der Waals surface area contributed by atoms with Gasteiger partial charge in [0.2, 0.25) is 0 Å². The van der Waals surface area contributed by atoms with Crippen LogP contribution in [-0.4, -0.2) is 14.8 Å². The van der Waals surface area contributed by atoms with Crippen molar-refractivity contribution >= 4 is 11.6 Å². The summed E-state index contributed by atoms with van der Waals surface area (Å²) in [5.74, 6) is 2.50. The van der Waals surface area contributed by atoms with Gasteiger partial charge in [-0.2, -0.15) is 5.10 Å². The summed E-state index contributed by atoms with van der Waals surface area (Å²) >= 11 is 6.32. The highest BCUT2D eigenvalue weighted by molar-refractivity contribution is 6.31. The molecule has 1 aromatic carbocycles. The average molecular weight is 278 g/mol. The van der Waals surface area contributed by atoms with Crippen LogP contribution in [0.25, 0.3) is 11.4 Å². The molecule has 19 heavy (non-hydrogen) atoms. The molecule has 0 radical (unpaired) electrons. The van der Waals surface area contributed by atoms with Gasteiger partial charge in [-0.1, -0.05) is 51.4 Å². The van der Waals surface area contributed by atoms with Crippen molar-refractivity contribution in [1.29, 1.82) is 0 Å². The molecule has 2 aromatic rings. The Hall–Kier alpha value is -1.35. The topological polar surface area (TPSA) is 30.7 Å². The Kier molecular flexibility index (Phi) is 3.95. The second kappa shape index (κ2) is 5.33. The minimum atomic E-state index is 0.358. The van der Waals surface area contributed by atoms with E-state index in [9.17, 15) is 0 Å². The lowest BCUT2D eigenvalue weighted by molar-refractivity contribution is 0.655. The minimum Gasteiger partial charge on any atom is -0.252 e. The summed E-state index contributed by atoms with van der Waals surface area (Å²) in [6, 6.07) is 6.06. The normalized spacial score (nSPS) is 11.6. The van der Waals surface area contributed by atoms with Gasteiger partial charge in [-0.3, -0.25) is 4.68 Å². The summed E-state index contributed by atoms with van der Waals surface area (Å²) in [5, 5.41) is 5.25. The molecule has 0 atom stereocenters. The molecule has 0 saturated heterocycles. The lowest BCUT2D eigenvalue weighted by atomic mass is 10.0. The fourth-order valence-electron chi connectivity index (χ4n) is 2.16. The zero-order chi connectivity index (χ0) is 14.2. The summed E-state index contributed by atoms with van der Waals surface area (Å²) in [7, 11) is 1.93. The van der Waals surface area contributed by atoms with Gasteiger partial charge < -0.3 is 0 Å². The molecular weight excluding hydrogens is 258 g/mol. The van der Waals surface area contributed by atoms with E-state index >= 15 is 0 Å². The van der Waals surface area contributed by atoms with Gasteiger partial charge in [-0.05, 0) is 17.5 Å². The van der Waals surface area contributed by atoms with Gasteiger partial charge >= 0.3 is 0 Å². The first kappa shape index (κ1) is 14.1. The maximum Gasteiger partial charge on any atom is 0.181 e. The van der Waals surface area contributed by atoms with E-state index in [1.54, 1.807) is 0 Å². The van der Waals surface area contributed by atoms with Crippen LogP contribution in [-0.2, 0) is 7.05 Å². The molecule has 0 aliphatic rings. The van der Waals surface area contributed by atoms with Gasteiger partial charge in [-0.15, -0.1) is 0 Å². The lowest BCUT2D eigenvalue weighted by Crippen LogP contribution is -2.00. The second-order valence-electron chi connectivity index (χ2n) is 5.46. The smallest absolute Gasteiger partial charge is 0.181 e. The second-order valence-corrected chi connectivity index (χ2v) is 5.87. The van der Waals surface area contributed by atoms with Crippen LogP contribution in [0.5, 0.6) is 0 Å². The van der Waals surface area contributed by atoms with Gasteiger partial charge in [-0.25, -0.2) is 4.98 Å². The van der Waals surface area contributed by atoms with Crippen molar-refractivity contribution in [2.24, 2.45) is 7.05 Å². The standard InChI is InChI=1S/C15H20ClN3/c1-9(2)12-7-6-11(8-13(12)16)14-17-15(10(3)4)19(5)18-14/h6-10H,1-5H3. The third kappa shape index (κ3) is 2.81. The number of aromatic nitrogens is 3. The molecule has 0 fully saturated rings. The van der Waals surface area contributed by atoms with Crippen LogP contribution in [0.2, 0.25) is 5.02 Å². The van der Waals surface area contributed by atoms with E-state index < -0.39 is 0 Å². The van der Waals surface area contributed by atoms with E-state index in [4.69, 9.17) is 11.6 Å². The molecule has 0 aliphatic heterocycles. The third-order valence-electron chi connectivity index (χ3n) is 3.19. The van der Waals surface area contributed by atoms with Crippen molar-refractivity contribution < 1.29 is 0 Å². The third-order valence-corrected chi connectivity index (χ3v) is 3.52. The van der Waals surface area contributed by atoms with Crippen LogP contribution in [0.15, 0.2) is 18.2 Å². The van der Waals surface area contributed by atoms with Gasteiger partial charge in [0.25, 0.3) is 0 Å². The van der Waals surface area contributed by atoms with Gasteiger partial charge in [0.05, 0.1) is 0 Å². The molecule has 0 N–H and O–H groups in total. The monoisotopic (exact) mass is 277 g/mol. The molecule has 1 heterocycles. The van der Waals surface area contributed by atoms with Crippen molar-refractivity contribution in [1.82, 2.24) is 14.8 Å². The zero-order valence-electron chi connectivity index (χ0n) is 12.1. The average Bonchev–Trinajstić information content (AvgIpc) is 2.70. The van der Waals surface area contributed by atoms with Crippen LogP contribution in [0.4, 0.5) is 0 Å². The SMILES string of the molecule is CC(C)c1ccc(-c2nc(C(C)C)n(C)n2)cc1Cl. The van der Waals surface area contributed by atoms with E-state index in [-0.39, 0.29) is 0 Å². The number of halogens is 1. The van der Waals surface area contributed by atoms with Crippen molar-refractivity contribution in [3.05, 3.63) is 34.6 Å². The number of aryl methyl sites for hydroxylation is 1.